The fourth-order valence-corrected chi connectivity index (χ4v) is 1.55. The average molecular weight is 246 g/mol. The van der Waals surface area contributed by atoms with Crippen LogP contribution in [0.4, 0.5) is 0 Å². The number of hydrogen-bond donors (Lipinski definition) is 0. The molecule has 0 saturated heterocycles. The third-order valence-electron chi connectivity index (χ3n) is 1.70. The number of aromatic nitrogens is 2. The predicted octanol–water partition coefficient (Wildman–Crippen LogP) is 1.37. The number of carbonyl (C=O) groups is 1. The van der Waals surface area contributed by atoms with Crippen molar-refractivity contribution in [1.82, 2.24) is 10.2 Å². The topological polar surface area (TPSA) is 74.5 Å². The standard InChI is InChI=1S/C9H14N2O4S/c1-4-14-8(12)7-10-11-9(15-7)16-5-6(2)13-3/h6H,4-5H2,1-3H3. The summed E-state index contributed by atoms with van der Waals surface area (Å²) < 4.78 is 14.9. The van der Waals surface area contributed by atoms with Gasteiger partial charge in [0.15, 0.2) is 0 Å². The molecule has 1 heterocycles. The number of nitrogens with zero attached hydrogens (tertiary/aromatic N) is 2. The molecule has 6 nitrogen and oxygen atoms in total. The van der Waals surface area contributed by atoms with E-state index in [1.165, 1.54) is 11.8 Å². The molecule has 1 aromatic rings. The van der Waals surface area contributed by atoms with E-state index in [0.717, 1.165) is 0 Å². The Kier molecular flexibility index (Phi) is 5.27. The maximum atomic E-state index is 11.2. The Balaban J connectivity index is 2.48. The maximum Gasteiger partial charge on any atom is 0.396 e. The Morgan fingerprint density at radius 2 is 2.31 bits per heavy atom. The predicted molar refractivity (Wildman–Crippen MR) is 57.4 cm³/mol. The zero-order valence-electron chi connectivity index (χ0n) is 9.43. The largest absolute Gasteiger partial charge is 0.459 e. The van der Waals surface area contributed by atoms with Crippen molar-refractivity contribution in [3.8, 4) is 0 Å². The molecule has 0 aliphatic carbocycles. The second-order valence-electron chi connectivity index (χ2n) is 2.95. The molecular weight excluding hydrogens is 232 g/mol. The molecule has 0 bridgehead atoms. The van der Waals surface area contributed by atoms with Crippen molar-refractivity contribution < 1.29 is 18.7 Å². The van der Waals surface area contributed by atoms with Crippen LogP contribution in [-0.4, -0.2) is 41.7 Å². The molecule has 0 aliphatic heterocycles. The second-order valence-corrected chi connectivity index (χ2v) is 3.92. The molecule has 16 heavy (non-hydrogen) atoms. The summed E-state index contributed by atoms with van der Waals surface area (Å²) in [6.07, 6.45) is 0.0861. The lowest BCUT2D eigenvalue weighted by Gasteiger charge is -2.05. The van der Waals surface area contributed by atoms with Crippen LogP contribution < -0.4 is 0 Å². The van der Waals surface area contributed by atoms with Gasteiger partial charge in [0.25, 0.3) is 5.22 Å². The number of carbonyl (C=O) groups excluding carboxylic acids is 1. The van der Waals surface area contributed by atoms with Crippen molar-refractivity contribution in [2.45, 2.75) is 25.2 Å². The van der Waals surface area contributed by atoms with Gasteiger partial charge in [-0.1, -0.05) is 16.9 Å². The summed E-state index contributed by atoms with van der Waals surface area (Å²) in [7, 11) is 1.63. The number of rotatable bonds is 6. The number of hydrogen-bond acceptors (Lipinski definition) is 7. The molecule has 0 fully saturated rings. The number of ether oxygens (including phenoxy) is 2. The van der Waals surface area contributed by atoms with E-state index < -0.39 is 5.97 Å². The third kappa shape index (κ3) is 3.82. The fraction of sp³-hybridized carbons (Fsp3) is 0.667. The summed E-state index contributed by atoms with van der Waals surface area (Å²) in [4.78, 5) is 11.2. The first-order valence-electron chi connectivity index (χ1n) is 4.83. The molecule has 0 aromatic carbocycles. The van der Waals surface area contributed by atoms with Crippen LogP contribution in [0.15, 0.2) is 9.64 Å². The van der Waals surface area contributed by atoms with Crippen LogP contribution in [0.25, 0.3) is 0 Å². The maximum absolute atomic E-state index is 11.2. The van der Waals surface area contributed by atoms with Crippen LogP contribution in [0.2, 0.25) is 0 Å². The van der Waals surface area contributed by atoms with Crippen molar-refractivity contribution in [2.75, 3.05) is 19.5 Å². The Hall–Kier alpha value is -1.08. The molecule has 0 radical (unpaired) electrons. The van der Waals surface area contributed by atoms with Crippen molar-refractivity contribution in [3.63, 3.8) is 0 Å². The zero-order valence-corrected chi connectivity index (χ0v) is 10.2. The van der Waals surface area contributed by atoms with Crippen molar-refractivity contribution in [2.24, 2.45) is 0 Å². The molecule has 1 unspecified atom stereocenters. The quantitative estimate of drug-likeness (QED) is 0.554. The van der Waals surface area contributed by atoms with Gasteiger partial charge in [0.1, 0.15) is 0 Å². The monoisotopic (exact) mass is 246 g/mol. The number of methoxy groups -OCH3 is 1. The van der Waals surface area contributed by atoms with Gasteiger partial charge >= 0.3 is 11.9 Å². The molecule has 0 aliphatic rings. The summed E-state index contributed by atoms with van der Waals surface area (Å²) in [5.74, 6) is -0.0305. The van der Waals surface area contributed by atoms with Crippen LogP contribution in [0.5, 0.6) is 0 Å². The minimum absolute atomic E-state index is 0.0861. The van der Waals surface area contributed by atoms with Crippen LogP contribution in [0.1, 0.15) is 24.5 Å². The van der Waals surface area contributed by atoms with E-state index >= 15 is 0 Å². The van der Waals surface area contributed by atoms with Gasteiger partial charge < -0.3 is 13.9 Å². The molecule has 7 heteroatoms. The Bertz CT molecular complexity index is 342. The molecule has 0 spiro atoms. The van der Waals surface area contributed by atoms with Gasteiger partial charge in [0.05, 0.1) is 12.7 Å². The lowest BCUT2D eigenvalue weighted by atomic mass is 10.5. The van der Waals surface area contributed by atoms with Crippen molar-refractivity contribution in [1.29, 1.82) is 0 Å². The van der Waals surface area contributed by atoms with Gasteiger partial charge in [-0.2, -0.15) is 0 Å². The van der Waals surface area contributed by atoms with Gasteiger partial charge in [-0.15, -0.1) is 5.10 Å². The fourth-order valence-electron chi connectivity index (χ4n) is 0.800. The summed E-state index contributed by atoms with van der Waals surface area (Å²) in [6, 6.07) is 0. The first-order valence-corrected chi connectivity index (χ1v) is 5.82. The van der Waals surface area contributed by atoms with E-state index in [-0.39, 0.29) is 18.6 Å². The highest BCUT2D eigenvalue weighted by Gasteiger charge is 2.16. The SMILES string of the molecule is CCOC(=O)c1nnc(SCC(C)OC)o1. The van der Waals surface area contributed by atoms with Gasteiger partial charge in [-0.25, -0.2) is 4.79 Å². The summed E-state index contributed by atoms with van der Waals surface area (Å²) in [5.41, 5.74) is 0. The summed E-state index contributed by atoms with van der Waals surface area (Å²) >= 11 is 1.34. The molecule has 0 amide bonds. The highest BCUT2D eigenvalue weighted by molar-refractivity contribution is 7.99. The Labute approximate surface area is 97.7 Å². The smallest absolute Gasteiger partial charge is 0.396 e. The van der Waals surface area contributed by atoms with Crippen molar-refractivity contribution in [3.05, 3.63) is 5.89 Å². The van der Waals surface area contributed by atoms with Crippen LogP contribution in [0, 0.1) is 0 Å². The van der Waals surface area contributed by atoms with E-state index in [2.05, 4.69) is 10.2 Å². The van der Waals surface area contributed by atoms with Crippen molar-refractivity contribution >= 4 is 17.7 Å². The lowest BCUT2D eigenvalue weighted by Crippen LogP contribution is -2.07. The normalized spacial score (nSPS) is 12.4. The Morgan fingerprint density at radius 3 is 2.94 bits per heavy atom. The molecule has 90 valence electrons. The van der Waals surface area contributed by atoms with E-state index in [1.54, 1.807) is 14.0 Å². The second kappa shape index (κ2) is 6.49. The molecular formula is C9H14N2O4S. The van der Waals surface area contributed by atoms with Gasteiger partial charge in [-0.05, 0) is 13.8 Å². The Morgan fingerprint density at radius 1 is 1.56 bits per heavy atom. The molecule has 0 saturated carbocycles. The van der Waals surface area contributed by atoms with Crippen LogP contribution in [-0.2, 0) is 9.47 Å². The van der Waals surface area contributed by atoms with Gasteiger partial charge in [0, 0.05) is 12.9 Å². The third-order valence-corrected chi connectivity index (χ3v) is 2.75. The molecule has 1 atom stereocenters. The van der Waals surface area contributed by atoms with E-state index in [0.29, 0.717) is 11.0 Å². The van der Waals surface area contributed by atoms with Gasteiger partial charge in [0.2, 0.25) is 0 Å². The molecule has 1 rings (SSSR count). The highest BCUT2D eigenvalue weighted by atomic mass is 32.2. The number of thioether (sulfide) groups is 1. The average Bonchev–Trinajstić information content (AvgIpc) is 2.75. The molecule has 1 aromatic heterocycles. The lowest BCUT2D eigenvalue weighted by molar-refractivity contribution is 0.0475. The first-order chi connectivity index (χ1) is 7.67. The highest BCUT2D eigenvalue weighted by Crippen LogP contribution is 2.17. The first kappa shape index (κ1) is 13.0. The minimum atomic E-state index is -0.596. The van der Waals surface area contributed by atoms with Crippen LogP contribution >= 0.6 is 11.8 Å². The number of esters is 1. The zero-order chi connectivity index (χ0) is 12.0. The van der Waals surface area contributed by atoms with E-state index in [1.807, 2.05) is 6.92 Å². The summed E-state index contributed by atoms with van der Waals surface area (Å²) in [6.45, 7) is 3.92. The summed E-state index contributed by atoms with van der Waals surface area (Å²) in [5, 5.41) is 7.64. The van der Waals surface area contributed by atoms with E-state index in [9.17, 15) is 4.79 Å². The van der Waals surface area contributed by atoms with Gasteiger partial charge in [-0.3, -0.25) is 0 Å². The van der Waals surface area contributed by atoms with Crippen LogP contribution in [0.3, 0.4) is 0 Å². The minimum Gasteiger partial charge on any atom is -0.459 e. The molecule has 0 N–H and O–H groups in total. The van der Waals surface area contributed by atoms with E-state index in [4.69, 9.17) is 13.9 Å².